The maximum absolute atomic E-state index is 14.2. The summed E-state index contributed by atoms with van der Waals surface area (Å²) >= 11 is 0. The van der Waals surface area contributed by atoms with Crippen LogP contribution in [0.15, 0.2) is 77.9 Å². The Morgan fingerprint density at radius 2 is 1.84 bits per heavy atom. The summed E-state index contributed by atoms with van der Waals surface area (Å²) in [5.74, 6) is 0.215. The SMILES string of the molecule is COc1cc(-c2cccc3nc([C@@H](C)Nc4nc(N)ncc4C(N)=O)n(-c4ccccc4)c(=O)c23)ccn1. The molecule has 1 atom stereocenters. The van der Waals surface area contributed by atoms with Crippen LogP contribution >= 0.6 is 0 Å². The van der Waals surface area contributed by atoms with Crippen LogP contribution in [0.25, 0.3) is 27.7 Å². The molecule has 5 rings (SSSR count). The summed E-state index contributed by atoms with van der Waals surface area (Å²) in [6.07, 6.45) is 2.88. The van der Waals surface area contributed by atoms with Gasteiger partial charge in [0, 0.05) is 18.5 Å². The lowest BCUT2D eigenvalue weighted by Gasteiger charge is -2.21. The third-order valence-corrected chi connectivity index (χ3v) is 6.01. The second kappa shape index (κ2) is 9.97. The first-order valence-electron chi connectivity index (χ1n) is 11.7. The van der Waals surface area contributed by atoms with Gasteiger partial charge in [-0.15, -0.1) is 0 Å². The van der Waals surface area contributed by atoms with Crippen LogP contribution in [0.4, 0.5) is 11.8 Å². The topological polar surface area (TPSA) is 164 Å². The fourth-order valence-electron chi connectivity index (χ4n) is 4.25. The van der Waals surface area contributed by atoms with Gasteiger partial charge in [0.2, 0.25) is 11.8 Å². The molecule has 0 fully saturated rings. The van der Waals surface area contributed by atoms with Crippen molar-refractivity contribution in [3.63, 3.8) is 0 Å². The zero-order valence-electron chi connectivity index (χ0n) is 20.6. The summed E-state index contributed by atoms with van der Waals surface area (Å²) in [5, 5.41) is 3.57. The first-order valence-corrected chi connectivity index (χ1v) is 11.7. The van der Waals surface area contributed by atoms with E-state index in [1.54, 1.807) is 25.3 Å². The highest BCUT2D eigenvalue weighted by Crippen LogP contribution is 2.29. The first-order chi connectivity index (χ1) is 18.4. The summed E-state index contributed by atoms with van der Waals surface area (Å²) < 4.78 is 6.82. The lowest BCUT2D eigenvalue weighted by Crippen LogP contribution is -2.28. The van der Waals surface area contributed by atoms with Gasteiger partial charge < -0.3 is 21.5 Å². The van der Waals surface area contributed by atoms with E-state index in [0.29, 0.717) is 33.9 Å². The number of rotatable bonds is 7. The predicted molar refractivity (Wildman–Crippen MR) is 144 cm³/mol. The number of aromatic nitrogens is 5. The van der Waals surface area contributed by atoms with Crippen molar-refractivity contribution in [3.05, 3.63) is 94.8 Å². The van der Waals surface area contributed by atoms with E-state index >= 15 is 0 Å². The quantitative estimate of drug-likeness (QED) is 0.300. The van der Waals surface area contributed by atoms with Crippen molar-refractivity contribution in [3.8, 4) is 22.7 Å². The first kappa shape index (κ1) is 24.4. The highest BCUT2D eigenvalue weighted by atomic mass is 16.5. The molecule has 0 bridgehead atoms. The van der Waals surface area contributed by atoms with Gasteiger partial charge in [0.15, 0.2) is 0 Å². The van der Waals surface area contributed by atoms with Crippen LogP contribution in [0.5, 0.6) is 5.88 Å². The molecule has 0 aliphatic rings. The maximum Gasteiger partial charge on any atom is 0.266 e. The molecule has 0 aliphatic carbocycles. The number of methoxy groups -OCH3 is 1. The van der Waals surface area contributed by atoms with E-state index < -0.39 is 11.9 Å². The molecular formula is C27H24N8O3. The van der Waals surface area contributed by atoms with Gasteiger partial charge in [-0.1, -0.05) is 30.3 Å². The minimum absolute atomic E-state index is 0.0333. The lowest BCUT2D eigenvalue weighted by molar-refractivity contribution is 0.100. The molecule has 0 saturated carbocycles. The second-order valence-corrected chi connectivity index (χ2v) is 8.45. The van der Waals surface area contributed by atoms with Crippen molar-refractivity contribution in [2.24, 2.45) is 5.73 Å². The number of nitrogens with two attached hydrogens (primary N) is 2. The monoisotopic (exact) mass is 508 g/mol. The molecular weight excluding hydrogens is 484 g/mol. The molecule has 0 saturated heterocycles. The third kappa shape index (κ3) is 4.48. The van der Waals surface area contributed by atoms with Crippen molar-refractivity contribution < 1.29 is 9.53 Å². The molecule has 3 heterocycles. The number of carbonyl (C=O) groups is 1. The van der Waals surface area contributed by atoms with E-state index in [1.807, 2.05) is 48.5 Å². The zero-order valence-corrected chi connectivity index (χ0v) is 20.6. The lowest BCUT2D eigenvalue weighted by atomic mass is 10.0. The number of amides is 1. The van der Waals surface area contributed by atoms with Crippen LogP contribution in [0.1, 0.15) is 29.1 Å². The summed E-state index contributed by atoms with van der Waals surface area (Å²) in [6.45, 7) is 1.80. The molecule has 5 N–H and O–H groups in total. The van der Waals surface area contributed by atoms with Gasteiger partial charge in [-0.3, -0.25) is 14.2 Å². The van der Waals surface area contributed by atoms with Gasteiger partial charge in [0.05, 0.1) is 35.3 Å². The Balaban J connectivity index is 1.74. The number of nitrogens with zero attached hydrogens (tertiary/aromatic N) is 5. The summed E-state index contributed by atoms with van der Waals surface area (Å²) in [6, 6.07) is 17.6. The van der Waals surface area contributed by atoms with Crippen molar-refractivity contribution in [2.45, 2.75) is 13.0 Å². The number of fused-ring (bicyclic) bond motifs is 1. The number of nitrogen functional groups attached to an aromatic ring is 1. The molecule has 0 radical (unpaired) electrons. The molecule has 11 heteroatoms. The van der Waals surface area contributed by atoms with Crippen molar-refractivity contribution in [1.82, 2.24) is 24.5 Å². The van der Waals surface area contributed by atoms with Gasteiger partial charge in [0.25, 0.3) is 11.5 Å². The van der Waals surface area contributed by atoms with Gasteiger partial charge >= 0.3 is 0 Å². The maximum atomic E-state index is 14.2. The van der Waals surface area contributed by atoms with E-state index in [-0.39, 0.29) is 22.9 Å². The fraction of sp³-hybridized carbons (Fsp3) is 0.111. The largest absolute Gasteiger partial charge is 0.481 e. The number of ether oxygens (including phenoxy) is 1. The normalized spacial score (nSPS) is 11.7. The third-order valence-electron chi connectivity index (χ3n) is 6.01. The molecule has 3 aromatic heterocycles. The number of hydrogen-bond acceptors (Lipinski definition) is 9. The molecule has 2 aromatic carbocycles. The highest BCUT2D eigenvalue weighted by Gasteiger charge is 2.22. The van der Waals surface area contributed by atoms with Gasteiger partial charge in [0.1, 0.15) is 11.6 Å². The molecule has 1 amide bonds. The van der Waals surface area contributed by atoms with Crippen molar-refractivity contribution >= 4 is 28.6 Å². The van der Waals surface area contributed by atoms with E-state index in [1.165, 1.54) is 17.9 Å². The van der Waals surface area contributed by atoms with Crippen LogP contribution in [0.2, 0.25) is 0 Å². The zero-order chi connectivity index (χ0) is 26.8. The number of pyridine rings is 1. The standard InChI is InChI=1S/C27H24N8O3/c1-15(32-24-19(23(28)36)14-31-27(29)34-24)25-33-20-10-6-9-18(16-11-12-30-21(13-16)38-2)22(20)26(37)35(25)17-7-4-3-5-8-17/h3-15H,1-2H3,(H2,28,36)(H3,29,31,32,34)/t15-/m1/s1. The van der Waals surface area contributed by atoms with Crippen molar-refractivity contribution in [1.29, 1.82) is 0 Å². The Kier molecular flexibility index (Phi) is 6.40. The average molecular weight is 509 g/mol. The van der Waals surface area contributed by atoms with Gasteiger partial charge in [-0.2, -0.15) is 4.98 Å². The molecule has 0 unspecified atom stereocenters. The number of carbonyl (C=O) groups excluding carboxylic acids is 1. The number of nitrogens with one attached hydrogen (secondary N) is 1. The number of primary amides is 1. The number of anilines is 2. The highest BCUT2D eigenvalue weighted by molar-refractivity contribution is 5.97. The van der Waals surface area contributed by atoms with Gasteiger partial charge in [-0.05, 0) is 42.3 Å². The van der Waals surface area contributed by atoms with E-state index in [4.69, 9.17) is 21.2 Å². The molecule has 38 heavy (non-hydrogen) atoms. The predicted octanol–water partition coefficient (Wildman–Crippen LogP) is 3.10. The molecule has 11 nitrogen and oxygen atoms in total. The Bertz CT molecular complexity index is 1720. The smallest absolute Gasteiger partial charge is 0.266 e. The van der Waals surface area contributed by atoms with Crippen LogP contribution in [-0.4, -0.2) is 37.5 Å². The number of para-hydroxylation sites is 1. The number of hydrogen-bond donors (Lipinski definition) is 3. The molecule has 190 valence electrons. The van der Waals surface area contributed by atoms with Crippen molar-refractivity contribution in [2.75, 3.05) is 18.2 Å². The van der Waals surface area contributed by atoms with E-state index in [2.05, 4.69) is 20.3 Å². The Morgan fingerprint density at radius 3 is 2.58 bits per heavy atom. The van der Waals surface area contributed by atoms with Gasteiger partial charge in [-0.25, -0.2) is 15.0 Å². The minimum atomic E-state index is -0.718. The second-order valence-electron chi connectivity index (χ2n) is 8.45. The molecule has 0 aliphatic heterocycles. The summed E-state index contributed by atoms with van der Waals surface area (Å²) in [5.41, 5.74) is 13.6. The Morgan fingerprint density at radius 1 is 1.05 bits per heavy atom. The minimum Gasteiger partial charge on any atom is -0.481 e. The van der Waals surface area contributed by atoms with Crippen LogP contribution in [-0.2, 0) is 0 Å². The van der Waals surface area contributed by atoms with Crippen LogP contribution < -0.4 is 27.1 Å². The summed E-state index contributed by atoms with van der Waals surface area (Å²) in [7, 11) is 1.54. The average Bonchev–Trinajstić information content (AvgIpc) is 2.93. The van der Waals surface area contributed by atoms with Crippen LogP contribution in [0, 0.1) is 0 Å². The molecule has 0 spiro atoms. The summed E-state index contributed by atoms with van der Waals surface area (Å²) in [4.78, 5) is 43.2. The fourth-order valence-corrected chi connectivity index (χ4v) is 4.25. The van der Waals surface area contributed by atoms with E-state index in [0.717, 1.165) is 5.56 Å². The Hall–Kier alpha value is -5.32. The molecule has 5 aromatic rings. The van der Waals surface area contributed by atoms with Crippen LogP contribution in [0.3, 0.4) is 0 Å². The number of benzene rings is 2. The Labute approximate surface area is 217 Å². The van der Waals surface area contributed by atoms with E-state index in [9.17, 15) is 9.59 Å².